The lowest BCUT2D eigenvalue weighted by Crippen LogP contribution is -2.52. The molecule has 1 aliphatic heterocycles. The van der Waals surface area contributed by atoms with Gasteiger partial charge in [0.05, 0.1) is 0 Å². The van der Waals surface area contributed by atoms with Gasteiger partial charge in [-0.15, -0.1) is 0 Å². The minimum absolute atomic E-state index is 0.00822. The summed E-state index contributed by atoms with van der Waals surface area (Å²) in [7, 11) is 1.95. The van der Waals surface area contributed by atoms with E-state index >= 15 is 0 Å². The normalized spacial score (nSPS) is 18.0. The molecule has 0 aliphatic carbocycles. The van der Waals surface area contributed by atoms with Crippen molar-refractivity contribution in [3.8, 4) is 0 Å². The van der Waals surface area contributed by atoms with Crippen LogP contribution in [0, 0.1) is 5.41 Å². The van der Waals surface area contributed by atoms with Crippen LogP contribution in [0.1, 0.15) is 53.9 Å². The van der Waals surface area contributed by atoms with Crippen molar-refractivity contribution in [2.75, 3.05) is 26.7 Å². The van der Waals surface area contributed by atoms with Gasteiger partial charge in [0.15, 0.2) is 0 Å². The average molecular weight is 354 g/mol. The number of hydrogen-bond donors (Lipinski definition) is 1. The van der Waals surface area contributed by atoms with Gasteiger partial charge < -0.3 is 19.9 Å². The molecule has 1 atom stereocenters. The molecule has 1 aliphatic rings. The topological polar surface area (TPSA) is 61.9 Å². The third-order valence-electron chi connectivity index (χ3n) is 5.93. The summed E-state index contributed by atoms with van der Waals surface area (Å²) >= 11 is 0. The summed E-state index contributed by atoms with van der Waals surface area (Å²) in [6.07, 6.45) is 4.25. The maximum Gasteiger partial charge on any atom is 0.407 e. The van der Waals surface area contributed by atoms with Crippen molar-refractivity contribution >= 4 is 12.0 Å². The number of rotatable bonds is 8. The number of ether oxygens (including phenoxy) is 1. The van der Waals surface area contributed by atoms with Gasteiger partial charge in [-0.2, -0.15) is 0 Å². The average Bonchev–Trinajstić information content (AvgIpc) is 3.05. The molecule has 6 heteroatoms. The molecule has 144 valence electrons. The van der Waals surface area contributed by atoms with Gasteiger partial charge in [-0.1, -0.05) is 27.4 Å². The molecule has 0 radical (unpaired) electrons. The maximum absolute atomic E-state index is 12.2. The molecule has 0 saturated carbocycles. The van der Waals surface area contributed by atoms with E-state index in [0.29, 0.717) is 6.04 Å². The van der Waals surface area contributed by atoms with E-state index in [9.17, 15) is 9.59 Å². The molecule has 0 aromatic carbocycles. The number of hydrogen-bond acceptors (Lipinski definition) is 4. The van der Waals surface area contributed by atoms with Crippen LogP contribution in [0.3, 0.4) is 0 Å². The van der Waals surface area contributed by atoms with Crippen molar-refractivity contribution < 1.29 is 14.3 Å². The van der Waals surface area contributed by atoms with E-state index in [0.717, 1.165) is 25.8 Å². The van der Waals surface area contributed by atoms with Gasteiger partial charge in [-0.3, -0.25) is 4.79 Å². The Morgan fingerprint density at radius 3 is 2.56 bits per heavy atom. The van der Waals surface area contributed by atoms with Crippen LogP contribution in [-0.2, 0) is 9.53 Å². The summed E-state index contributed by atoms with van der Waals surface area (Å²) < 4.78 is 5.37. The Morgan fingerprint density at radius 1 is 1.36 bits per heavy atom. The number of carbonyl (C=O) groups excluding carboxylic acids is 2. The van der Waals surface area contributed by atoms with Crippen LogP contribution in [-0.4, -0.2) is 60.1 Å². The molecule has 1 N–H and O–H groups in total. The molecular weight excluding hydrogens is 318 g/mol. The Morgan fingerprint density at radius 2 is 2.00 bits per heavy atom. The summed E-state index contributed by atoms with van der Waals surface area (Å²) in [4.78, 5) is 28.1. The lowest BCUT2D eigenvalue weighted by molar-refractivity contribution is -0.131. The first-order valence-electron chi connectivity index (χ1n) is 9.12. The van der Waals surface area contributed by atoms with Crippen LogP contribution in [0.2, 0.25) is 0 Å². The Balaban J connectivity index is 2.46. The van der Waals surface area contributed by atoms with E-state index in [-0.39, 0.29) is 30.0 Å². The number of nitrogens with one attached hydrogen (secondary N) is 1. The molecule has 1 fully saturated rings. The van der Waals surface area contributed by atoms with Gasteiger partial charge in [-0.25, -0.2) is 4.79 Å². The van der Waals surface area contributed by atoms with Gasteiger partial charge in [0.2, 0.25) is 5.91 Å². The monoisotopic (exact) mass is 353 g/mol. The fourth-order valence-electron chi connectivity index (χ4n) is 3.02. The van der Waals surface area contributed by atoms with E-state index < -0.39 is 6.09 Å². The molecule has 1 saturated heterocycles. The van der Waals surface area contributed by atoms with Crippen molar-refractivity contribution in [1.82, 2.24) is 15.1 Å². The molecule has 1 unspecified atom stereocenters. The van der Waals surface area contributed by atoms with Crippen LogP contribution >= 0.6 is 0 Å². The smallest absolute Gasteiger partial charge is 0.407 e. The number of likely N-dealkylation sites (tertiary alicyclic amines) is 1. The van der Waals surface area contributed by atoms with E-state index in [1.165, 1.54) is 0 Å². The fraction of sp³-hybridized carbons (Fsp3) is 0.789. The molecule has 0 aromatic rings. The van der Waals surface area contributed by atoms with E-state index in [1.54, 1.807) is 6.20 Å². The fourth-order valence-corrected chi connectivity index (χ4v) is 3.02. The predicted molar refractivity (Wildman–Crippen MR) is 100 cm³/mol. The quantitative estimate of drug-likeness (QED) is 0.729. The number of amides is 2. The van der Waals surface area contributed by atoms with Crippen molar-refractivity contribution in [3.63, 3.8) is 0 Å². The highest BCUT2D eigenvalue weighted by atomic mass is 16.5. The zero-order valence-electron chi connectivity index (χ0n) is 16.7. The van der Waals surface area contributed by atoms with Crippen molar-refractivity contribution in [2.24, 2.45) is 5.41 Å². The van der Waals surface area contributed by atoms with Crippen LogP contribution in [0.5, 0.6) is 0 Å². The number of alkyl carbamates (subject to hydrolysis) is 1. The maximum atomic E-state index is 12.2. The van der Waals surface area contributed by atoms with Crippen molar-refractivity contribution in [3.05, 3.63) is 12.8 Å². The Hall–Kier alpha value is -1.72. The summed E-state index contributed by atoms with van der Waals surface area (Å²) in [6.45, 7) is 15.2. The Labute approximate surface area is 152 Å². The van der Waals surface area contributed by atoms with Gasteiger partial charge in [0.1, 0.15) is 13.2 Å². The molecule has 25 heavy (non-hydrogen) atoms. The second-order valence-corrected chi connectivity index (χ2v) is 7.96. The summed E-state index contributed by atoms with van der Waals surface area (Å²) in [5, 5.41) is 2.59. The van der Waals surface area contributed by atoms with Gasteiger partial charge in [-0.05, 0) is 39.3 Å². The molecule has 1 rings (SSSR count). The first-order chi connectivity index (χ1) is 11.6. The zero-order chi connectivity index (χ0) is 19.3. The lowest BCUT2D eigenvalue weighted by atomic mass is 9.74. The Bertz CT molecular complexity index is 488. The van der Waals surface area contributed by atoms with Crippen molar-refractivity contribution in [1.29, 1.82) is 0 Å². The SMILES string of the molecule is C=CN(C)C(C)(C)C(C)(C)COC(=O)NCC(=O)N1CCCC1CC. The minimum atomic E-state index is -0.550. The van der Waals surface area contributed by atoms with Gasteiger partial charge in [0, 0.05) is 30.6 Å². The van der Waals surface area contributed by atoms with Crippen LogP contribution in [0.4, 0.5) is 4.79 Å². The molecule has 2 amide bonds. The standard InChI is InChI=1S/C19H35N3O3/c1-8-15-11-10-12-22(15)16(23)13-20-17(24)25-14-18(3,4)19(5,6)21(7)9-2/h9,15H,2,8,10-14H2,1,3-7H3,(H,20,24). The summed E-state index contributed by atoms with van der Waals surface area (Å²) in [6, 6.07) is 0.305. The largest absolute Gasteiger partial charge is 0.449 e. The first-order valence-corrected chi connectivity index (χ1v) is 9.12. The molecule has 6 nitrogen and oxygen atoms in total. The number of nitrogens with zero attached hydrogens (tertiary/aromatic N) is 2. The zero-order valence-corrected chi connectivity index (χ0v) is 16.7. The van der Waals surface area contributed by atoms with Gasteiger partial charge >= 0.3 is 6.09 Å². The third-order valence-corrected chi connectivity index (χ3v) is 5.93. The minimum Gasteiger partial charge on any atom is -0.449 e. The van der Waals surface area contributed by atoms with E-state index in [1.807, 2.05) is 30.7 Å². The Kier molecular flexibility index (Phi) is 7.32. The second-order valence-electron chi connectivity index (χ2n) is 7.96. The van der Waals surface area contributed by atoms with Crippen molar-refractivity contribution in [2.45, 2.75) is 65.5 Å². The van der Waals surface area contributed by atoms with E-state index in [4.69, 9.17) is 4.74 Å². The van der Waals surface area contributed by atoms with Gasteiger partial charge in [0.25, 0.3) is 0 Å². The summed E-state index contributed by atoms with van der Waals surface area (Å²) in [5.41, 5.74) is -0.533. The molecule has 0 spiro atoms. The van der Waals surface area contributed by atoms with Crippen LogP contribution in [0.25, 0.3) is 0 Å². The second kappa shape index (κ2) is 8.59. The van der Waals surface area contributed by atoms with Crippen LogP contribution in [0.15, 0.2) is 12.8 Å². The third kappa shape index (κ3) is 5.13. The predicted octanol–water partition coefficient (Wildman–Crippen LogP) is 2.99. The number of carbonyl (C=O) groups is 2. The molecule has 0 bridgehead atoms. The highest BCUT2D eigenvalue weighted by Gasteiger charge is 2.40. The van der Waals surface area contributed by atoms with Crippen LogP contribution < -0.4 is 5.32 Å². The molecule has 1 heterocycles. The molecular formula is C19H35N3O3. The highest BCUT2D eigenvalue weighted by Crippen LogP contribution is 2.35. The summed E-state index contributed by atoms with van der Waals surface area (Å²) in [5.74, 6) is -0.0349. The van der Waals surface area contributed by atoms with E-state index in [2.05, 4.69) is 32.7 Å². The highest BCUT2D eigenvalue weighted by molar-refractivity contribution is 5.82. The molecule has 0 aromatic heterocycles. The first kappa shape index (κ1) is 21.3. The lowest BCUT2D eigenvalue weighted by Gasteiger charge is -2.47.